The fourth-order valence-corrected chi connectivity index (χ4v) is 3.88. The van der Waals surface area contributed by atoms with E-state index in [4.69, 9.17) is 16.3 Å². The Hall–Kier alpha value is -4.10. The number of ketones is 1. The summed E-state index contributed by atoms with van der Waals surface area (Å²) in [6, 6.07) is 17.6. The number of halogens is 1. The van der Waals surface area contributed by atoms with Gasteiger partial charge in [0.15, 0.2) is 0 Å². The van der Waals surface area contributed by atoms with Crippen LogP contribution in [-0.2, 0) is 9.59 Å². The Labute approximate surface area is 194 Å². The van der Waals surface area contributed by atoms with Gasteiger partial charge < -0.3 is 14.9 Å². The first kappa shape index (κ1) is 22.1. The highest BCUT2D eigenvalue weighted by atomic mass is 35.5. The minimum atomic E-state index is -1.17. The van der Waals surface area contributed by atoms with Gasteiger partial charge in [0, 0.05) is 16.3 Å². The van der Waals surface area contributed by atoms with Gasteiger partial charge in [-0.25, -0.2) is 4.79 Å². The molecule has 2 N–H and O–H groups in total. The molecule has 0 aromatic heterocycles. The Kier molecular flexibility index (Phi) is 5.89. The van der Waals surface area contributed by atoms with Crippen molar-refractivity contribution in [3.63, 3.8) is 0 Å². The molecule has 166 valence electrons. The summed E-state index contributed by atoms with van der Waals surface area (Å²) in [6.45, 7) is 0. The van der Waals surface area contributed by atoms with Crippen LogP contribution in [0.25, 0.3) is 5.76 Å². The number of aromatic carboxylic acids is 1. The summed E-state index contributed by atoms with van der Waals surface area (Å²) in [5.74, 6) is -2.72. The van der Waals surface area contributed by atoms with Crippen LogP contribution in [0.2, 0.25) is 5.02 Å². The largest absolute Gasteiger partial charge is 0.507 e. The molecule has 0 spiro atoms. The van der Waals surface area contributed by atoms with Crippen LogP contribution in [0.1, 0.15) is 27.5 Å². The summed E-state index contributed by atoms with van der Waals surface area (Å²) in [5.41, 5.74) is 0.906. The van der Waals surface area contributed by atoms with E-state index in [9.17, 15) is 24.6 Å². The Bertz CT molecular complexity index is 1280. The van der Waals surface area contributed by atoms with Gasteiger partial charge in [-0.3, -0.25) is 14.5 Å². The average molecular weight is 464 g/mol. The van der Waals surface area contributed by atoms with Crippen molar-refractivity contribution in [2.45, 2.75) is 6.04 Å². The molecule has 0 bridgehead atoms. The van der Waals surface area contributed by atoms with E-state index in [0.29, 0.717) is 21.9 Å². The maximum atomic E-state index is 13.1. The first-order chi connectivity index (χ1) is 15.8. The highest BCUT2D eigenvalue weighted by Crippen LogP contribution is 2.42. The number of hydrogen-bond donors (Lipinski definition) is 2. The van der Waals surface area contributed by atoms with Crippen LogP contribution in [-0.4, -0.2) is 35.0 Å². The molecule has 1 saturated heterocycles. The van der Waals surface area contributed by atoms with Crippen LogP contribution in [0.15, 0.2) is 78.4 Å². The maximum absolute atomic E-state index is 13.1. The molecule has 0 saturated carbocycles. The summed E-state index contributed by atoms with van der Waals surface area (Å²) in [6.07, 6.45) is 0. The Balaban J connectivity index is 1.94. The molecule has 3 aromatic rings. The number of benzene rings is 3. The van der Waals surface area contributed by atoms with E-state index in [0.717, 1.165) is 0 Å². The maximum Gasteiger partial charge on any atom is 0.335 e. The Morgan fingerprint density at radius 2 is 1.61 bits per heavy atom. The van der Waals surface area contributed by atoms with Crippen molar-refractivity contribution in [1.82, 2.24) is 0 Å². The fraction of sp³-hybridized carbons (Fsp3) is 0.0800. The quantitative estimate of drug-likeness (QED) is 0.323. The number of carbonyl (C=O) groups excluding carboxylic acids is 2. The second-order valence-electron chi connectivity index (χ2n) is 7.30. The van der Waals surface area contributed by atoms with Gasteiger partial charge in [0.1, 0.15) is 11.5 Å². The number of rotatable bonds is 5. The molecule has 8 heteroatoms. The number of carbonyl (C=O) groups is 3. The molecule has 4 rings (SSSR count). The van der Waals surface area contributed by atoms with Crippen molar-refractivity contribution < 1.29 is 29.3 Å². The fourth-order valence-electron chi connectivity index (χ4n) is 3.75. The third-order valence-corrected chi connectivity index (χ3v) is 5.62. The normalized spacial score (nSPS) is 17.3. The number of nitrogens with zero attached hydrogens (tertiary/aromatic N) is 1. The number of hydrogen-bond acceptors (Lipinski definition) is 5. The van der Waals surface area contributed by atoms with Gasteiger partial charge in [-0.15, -0.1) is 0 Å². The lowest BCUT2D eigenvalue weighted by atomic mass is 9.95. The third-order valence-electron chi connectivity index (χ3n) is 5.36. The van der Waals surface area contributed by atoms with E-state index in [-0.39, 0.29) is 22.6 Å². The van der Waals surface area contributed by atoms with E-state index in [1.165, 1.54) is 36.3 Å². The second kappa shape index (κ2) is 8.80. The molecular formula is C25H18ClNO6. The van der Waals surface area contributed by atoms with Crippen molar-refractivity contribution in [1.29, 1.82) is 0 Å². The molecule has 1 atom stereocenters. The molecule has 1 aliphatic rings. The number of carboxylic acid groups (broad SMARTS) is 1. The van der Waals surface area contributed by atoms with Crippen LogP contribution >= 0.6 is 11.6 Å². The minimum Gasteiger partial charge on any atom is -0.507 e. The van der Waals surface area contributed by atoms with Crippen molar-refractivity contribution in [2.75, 3.05) is 12.0 Å². The van der Waals surface area contributed by atoms with Crippen LogP contribution in [0.3, 0.4) is 0 Å². The van der Waals surface area contributed by atoms with Gasteiger partial charge >= 0.3 is 5.97 Å². The van der Waals surface area contributed by atoms with Gasteiger partial charge in [0.2, 0.25) is 0 Å². The zero-order valence-corrected chi connectivity index (χ0v) is 18.1. The number of aliphatic hydroxyl groups excluding tert-OH is 1. The Morgan fingerprint density at radius 3 is 2.21 bits per heavy atom. The molecule has 0 aliphatic carbocycles. The number of ether oxygens (including phenoxy) is 1. The van der Waals surface area contributed by atoms with Gasteiger partial charge in [0.05, 0.1) is 24.3 Å². The molecule has 0 unspecified atom stereocenters. The van der Waals surface area contributed by atoms with Gasteiger partial charge in [-0.2, -0.15) is 0 Å². The number of anilines is 1. The van der Waals surface area contributed by atoms with E-state index in [1.807, 2.05) is 0 Å². The predicted octanol–water partition coefficient (Wildman–Crippen LogP) is 4.67. The third kappa shape index (κ3) is 4.06. The van der Waals surface area contributed by atoms with Crippen molar-refractivity contribution in [2.24, 2.45) is 0 Å². The number of Topliss-reactive ketones (excluding diaryl/α,β-unsaturated/α-hetero) is 1. The molecular weight excluding hydrogens is 446 g/mol. The second-order valence-corrected chi connectivity index (χ2v) is 7.74. The molecule has 1 amide bonds. The van der Waals surface area contributed by atoms with Gasteiger partial charge in [-0.05, 0) is 60.2 Å². The summed E-state index contributed by atoms with van der Waals surface area (Å²) in [7, 11) is 1.51. The molecule has 0 radical (unpaired) electrons. The van der Waals surface area contributed by atoms with E-state index >= 15 is 0 Å². The van der Waals surface area contributed by atoms with Gasteiger partial charge in [-0.1, -0.05) is 29.8 Å². The Morgan fingerprint density at radius 1 is 0.939 bits per heavy atom. The van der Waals surface area contributed by atoms with Gasteiger partial charge in [0.25, 0.3) is 11.7 Å². The van der Waals surface area contributed by atoms with Crippen molar-refractivity contribution in [3.05, 3.63) is 100 Å². The molecule has 1 heterocycles. The molecule has 7 nitrogen and oxygen atoms in total. The average Bonchev–Trinajstić information content (AvgIpc) is 3.09. The van der Waals surface area contributed by atoms with E-state index in [1.54, 1.807) is 48.5 Å². The predicted molar refractivity (Wildman–Crippen MR) is 123 cm³/mol. The number of carboxylic acids is 1. The lowest BCUT2D eigenvalue weighted by molar-refractivity contribution is -0.132. The van der Waals surface area contributed by atoms with E-state index < -0.39 is 23.7 Å². The smallest absolute Gasteiger partial charge is 0.335 e. The van der Waals surface area contributed by atoms with Crippen molar-refractivity contribution >= 4 is 40.7 Å². The lowest BCUT2D eigenvalue weighted by Crippen LogP contribution is -2.29. The first-order valence-electron chi connectivity index (χ1n) is 9.86. The number of methoxy groups -OCH3 is 1. The zero-order valence-electron chi connectivity index (χ0n) is 17.4. The summed E-state index contributed by atoms with van der Waals surface area (Å²) >= 11 is 5.94. The number of amides is 1. The molecule has 3 aromatic carbocycles. The SMILES string of the molecule is COc1ccc([C@H]2C(=C(O)c3ccc(Cl)cc3)C(=O)C(=O)N2c2cccc(C(=O)O)c2)cc1. The standard InChI is InChI=1S/C25H18ClNO6/c1-33-19-11-7-14(8-12-19)21-20(22(28)15-5-9-17(26)10-6-15)23(29)24(30)27(21)18-4-2-3-16(13-18)25(31)32/h2-13,21,28H,1H3,(H,31,32)/t21-/m0/s1. The lowest BCUT2D eigenvalue weighted by Gasteiger charge is -2.25. The van der Waals surface area contributed by atoms with Crippen molar-refractivity contribution in [3.8, 4) is 5.75 Å². The highest BCUT2D eigenvalue weighted by Gasteiger charge is 2.47. The van der Waals surface area contributed by atoms with Crippen LogP contribution < -0.4 is 9.64 Å². The van der Waals surface area contributed by atoms with E-state index in [2.05, 4.69) is 0 Å². The highest BCUT2D eigenvalue weighted by molar-refractivity contribution is 6.51. The minimum absolute atomic E-state index is 0.0411. The monoisotopic (exact) mass is 463 g/mol. The molecule has 1 aliphatic heterocycles. The molecule has 1 fully saturated rings. The van der Waals surface area contributed by atoms with Crippen LogP contribution in [0, 0.1) is 0 Å². The topological polar surface area (TPSA) is 104 Å². The first-order valence-corrected chi connectivity index (χ1v) is 10.2. The zero-order chi connectivity index (χ0) is 23.7. The number of aliphatic hydroxyl groups is 1. The van der Waals surface area contributed by atoms with Crippen LogP contribution in [0.5, 0.6) is 5.75 Å². The summed E-state index contributed by atoms with van der Waals surface area (Å²) in [5, 5.41) is 20.9. The summed E-state index contributed by atoms with van der Waals surface area (Å²) in [4.78, 5) is 38.9. The molecule has 33 heavy (non-hydrogen) atoms. The summed E-state index contributed by atoms with van der Waals surface area (Å²) < 4.78 is 5.20. The van der Waals surface area contributed by atoms with Crippen LogP contribution in [0.4, 0.5) is 5.69 Å².